The number of nitrogens with zero attached hydrogens (tertiary/aromatic N) is 3. The summed E-state index contributed by atoms with van der Waals surface area (Å²) in [6.07, 6.45) is 5.36. The summed E-state index contributed by atoms with van der Waals surface area (Å²) in [5, 5.41) is 3.00. The highest BCUT2D eigenvalue weighted by Crippen LogP contribution is 2.36. The SMILES string of the molecule is CC(C)NC(=O)N1CCC2(CC1)CN(Cc1ccncc1)Cc1ccccc1O2. The van der Waals surface area contributed by atoms with Crippen LogP contribution < -0.4 is 10.1 Å². The van der Waals surface area contributed by atoms with Crippen LogP contribution in [0.2, 0.25) is 0 Å². The number of fused-ring (bicyclic) bond motifs is 1. The molecule has 154 valence electrons. The smallest absolute Gasteiger partial charge is 0.317 e. The molecule has 6 heteroatoms. The molecule has 29 heavy (non-hydrogen) atoms. The molecule has 2 aromatic rings. The lowest BCUT2D eigenvalue weighted by molar-refractivity contribution is -0.0116. The molecule has 1 aromatic heterocycles. The lowest BCUT2D eigenvalue weighted by Gasteiger charge is -2.43. The molecule has 6 nitrogen and oxygen atoms in total. The number of nitrogens with one attached hydrogen (secondary N) is 1. The zero-order chi connectivity index (χ0) is 20.3. The monoisotopic (exact) mass is 394 g/mol. The fourth-order valence-electron chi connectivity index (χ4n) is 4.28. The van der Waals surface area contributed by atoms with Crippen molar-refractivity contribution < 1.29 is 9.53 Å². The standard InChI is InChI=1S/C23H30N4O2/c1-18(2)25-22(28)27-13-9-23(10-14-27)17-26(15-19-7-11-24-12-8-19)16-20-5-3-4-6-21(20)29-23/h3-8,11-12,18H,9-10,13-17H2,1-2H3,(H,25,28). The van der Waals surface area contributed by atoms with E-state index in [1.165, 1.54) is 11.1 Å². The number of hydrogen-bond donors (Lipinski definition) is 1. The normalized spacial score (nSPS) is 18.8. The predicted molar refractivity (Wildman–Crippen MR) is 113 cm³/mol. The fraction of sp³-hybridized carbons (Fsp3) is 0.478. The van der Waals surface area contributed by atoms with Gasteiger partial charge in [-0.25, -0.2) is 4.79 Å². The van der Waals surface area contributed by atoms with E-state index in [4.69, 9.17) is 4.74 Å². The van der Waals surface area contributed by atoms with Crippen LogP contribution >= 0.6 is 0 Å². The van der Waals surface area contributed by atoms with Gasteiger partial charge < -0.3 is 15.0 Å². The van der Waals surface area contributed by atoms with Crippen LogP contribution in [-0.4, -0.2) is 52.1 Å². The third-order valence-corrected chi connectivity index (χ3v) is 5.73. The summed E-state index contributed by atoms with van der Waals surface area (Å²) >= 11 is 0. The Balaban J connectivity index is 1.52. The van der Waals surface area contributed by atoms with Gasteiger partial charge in [0.1, 0.15) is 11.4 Å². The molecule has 2 amide bonds. The number of pyridine rings is 1. The number of urea groups is 1. The van der Waals surface area contributed by atoms with E-state index in [0.717, 1.165) is 38.2 Å². The minimum Gasteiger partial charge on any atom is -0.485 e. The number of hydrogen-bond acceptors (Lipinski definition) is 4. The minimum atomic E-state index is -0.270. The quantitative estimate of drug-likeness (QED) is 0.867. The maximum absolute atomic E-state index is 12.4. The summed E-state index contributed by atoms with van der Waals surface area (Å²) in [6, 6.07) is 12.7. The molecule has 2 aliphatic rings. The van der Waals surface area contributed by atoms with Crippen molar-refractivity contribution in [1.82, 2.24) is 20.1 Å². The maximum atomic E-state index is 12.4. The first-order valence-corrected chi connectivity index (χ1v) is 10.5. The Morgan fingerprint density at radius 1 is 1.17 bits per heavy atom. The molecule has 3 heterocycles. The number of para-hydroxylation sites is 1. The zero-order valence-corrected chi connectivity index (χ0v) is 17.3. The van der Waals surface area contributed by atoms with E-state index in [1.807, 2.05) is 37.2 Å². The van der Waals surface area contributed by atoms with Gasteiger partial charge in [-0.3, -0.25) is 9.88 Å². The number of benzene rings is 1. The molecule has 0 saturated carbocycles. The third kappa shape index (κ3) is 4.70. The second-order valence-electron chi connectivity index (χ2n) is 8.48. The van der Waals surface area contributed by atoms with E-state index < -0.39 is 0 Å². The van der Waals surface area contributed by atoms with Gasteiger partial charge in [-0.1, -0.05) is 18.2 Å². The van der Waals surface area contributed by atoms with Crippen LogP contribution in [0.3, 0.4) is 0 Å². The molecular formula is C23H30N4O2. The number of amides is 2. The van der Waals surface area contributed by atoms with Crippen molar-refractivity contribution in [3.63, 3.8) is 0 Å². The van der Waals surface area contributed by atoms with Gasteiger partial charge in [0.2, 0.25) is 0 Å². The van der Waals surface area contributed by atoms with E-state index in [1.54, 1.807) is 0 Å². The summed E-state index contributed by atoms with van der Waals surface area (Å²) in [5.41, 5.74) is 2.20. The van der Waals surface area contributed by atoms with Crippen molar-refractivity contribution >= 4 is 6.03 Å². The Morgan fingerprint density at radius 2 is 1.90 bits per heavy atom. The number of aromatic nitrogens is 1. The van der Waals surface area contributed by atoms with E-state index >= 15 is 0 Å². The highest BCUT2D eigenvalue weighted by molar-refractivity contribution is 5.74. The summed E-state index contributed by atoms with van der Waals surface area (Å²) in [4.78, 5) is 20.9. The van der Waals surface area contributed by atoms with Crippen LogP contribution in [-0.2, 0) is 13.1 Å². The van der Waals surface area contributed by atoms with Crippen molar-refractivity contribution in [2.45, 2.75) is 51.4 Å². The van der Waals surface area contributed by atoms with Gasteiger partial charge >= 0.3 is 6.03 Å². The molecule has 0 unspecified atom stereocenters. The average molecular weight is 395 g/mol. The van der Waals surface area contributed by atoms with Crippen molar-refractivity contribution in [2.24, 2.45) is 0 Å². The van der Waals surface area contributed by atoms with Crippen LogP contribution in [0.25, 0.3) is 0 Å². The lowest BCUT2D eigenvalue weighted by Crippen LogP contribution is -2.56. The summed E-state index contributed by atoms with van der Waals surface area (Å²) < 4.78 is 6.65. The van der Waals surface area contributed by atoms with E-state index in [0.29, 0.717) is 13.1 Å². The van der Waals surface area contributed by atoms with Gasteiger partial charge in [0, 0.05) is 69.6 Å². The second-order valence-corrected chi connectivity index (χ2v) is 8.48. The molecule has 0 bridgehead atoms. The molecule has 2 aliphatic heterocycles. The number of likely N-dealkylation sites (tertiary alicyclic amines) is 1. The van der Waals surface area contributed by atoms with Crippen molar-refractivity contribution in [1.29, 1.82) is 0 Å². The summed E-state index contributed by atoms with van der Waals surface area (Å²) in [5.74, 6) is 0.977. The fourth-order valence-corrected chi connectivity index (χ4v) is 4.28. The number of carbonyl (C=O) groups excluding carboxylic acids is 1. The van der Waals surface area contributed by atoms with E-state index in [9.17, 15) is 4.79 Å². The molecule has 0 radical (unpaired) electrons. The maximum Gasteiger partial charge on any atom is 0.317 e. The van der Waals surface area contributed by atoms with Crippen LogP contribution in [0.15, 0.2) is 48.8 Å². The molecule has 1 saturated heterocycles. The number of piperidine rings is 1. The summed E-state index contributed by atoms with van der Waals surface area (Å²) in [7, 11) is 0. The highest BCUT2D eigenvalue weighted by Gasteiger charge is 2.41. The first-order chi connectivity index (χ1) is 14.0. The van der Waals surface area contributed by atoms with Gasteiger partial charge in [-0.05, 0) is 37.6 Å². The number of carbonyl (C=O) groups is 1. The largest absolute Gasteiger partial charge is 0.485 e. The first kappa shape index (κ1) is 19.7. The van der Waals surface area contributed by atoms with Gasteiger partial charge in [-0.15, -0.1) is 0 Å². The Kier molecular flexibility index (Phi) is 5.72. The first-order valence-electron chi connectivity index (χ1n) is 10.5. The van der Waals surface area contributed by atoms with Gasteiger partial charge in [-0.2, -0.15) is 0 Å². The van der Waals surface area contributed by atoms with Gasteiger partial charge in [0.15, 0.2) is 0 Å². The van der Waals surface area contributed by atoms with Crippen molar-refractivity contribution in [3.05, 3.63) is 59.9 Å². The van der Waals surface area contributed by atoms with Crippen LogP contribution in [0.1, 0.15) is 37.8 Å². The van der Waals surface area contributed by atoms with Gasteiger partial charge in [0.05, 0.1) is 0 Å². The lowest BCUT2D eigenvalue weighted by atomic mass is 9.90. The average Bonchev–Trinajstić information content (AvgIpc) is 2.84. The molecule has 1 N–H and O–H groups in total. The van der Waals surface area contributed by atoms with Crippen LogP contribution in [0.4, 0.5) is 4.79 Å². The van der Waals surface area contributed by atoms with Crippen LogP contribution in [0.5, 0.6) is 5.75 Å². The van der Waals surface area contributed by atoms with Gasteiger partial charge in [0.25, 0.3) is 0 Å². The minimum absolute atomic E-state index is 0.0255. The molecule has 1 spiro atoms. The Morgan fingerprint density at radius 3 is 2.62 bits per heavy atom. The zero-order valence-electron chi connectivity index (χ0n) is 17.3. The molecule has 1 aromatic carbocycles. The highest BCUT2D eigenvalue weighted by atomic mass is 16.5. The molecular weight excluding hydrogens is 364 g/mol. The Hall–Kier alpha value is -2.60. The van der Waals surface area contributed by atoms with Crippen molar-refractivity contribution in [3.8, 4) is 5.75 Å². The Labute approximate surface area is 172 Å². The number of rotatable bonds is 3. The predicted octanol–water partition coefficient (Wildman–Crippen LogP) is 3.43. The van der Waals surface area contributed by atoms with E-state index in [2.05, 4.69) is 45.5 Å². The van der Waals surface area contributed by atoms with Crippen molar-refractivity contribution in [2.75, 3.05) is 19.6 Å². The topological polar surface area (TPSA) is 57.7 Å². The summed E-state index contributed by atoms with van der Waals surface area (Å²) in [6.45, 7) is 7.98. The third-order valence-electron chi connectivity index (χ3n) is 5.73. The van der Waals surface area contributed by atoms with Crippen LogP contribution in [0, 0.1) is 0 Å². The molecule has 0 aliphatic carbocycles. The number of ether oxygens (including phenoxy) is 1. The molecule has 0 atom stereocenters. The Bertz CT molecular complexity index is 832. The van der Waals surface area contributed by atoms with E-state index in [-0.39, 0.29) is 17.7 Å². The second kappa shape index (κ2) is 8.41. The molecule has 1 fully saturated rings. The molecule has 4 rings (SSSR count).